The van der Waals surface area contributed by atoms with Crippen LogP contribution in [0.5, 0.6) is 0 Å². The minimum Gasteiger partial charge on any atom is -0.436 e. The lowest BCUT2D eigenvalue weighted by Gasteiger charge is -2.24. The van der Waals surface area contributed by atoms with Crippen LogP contribution in [0.2, 0.25) is 0 Å². The number of hydrogen-bond donors (Lipinski definition) is 0. The Labute approximate surface area is 187 Å². The van der Waals surface area contributed by atoms with E-state index in [4.69, 9.17) is 9.52 Å². The van der Waals surface area contributed by atoms with Gasteiger partial charge >= 0.3 is 0 Å². The number of halogens is 1. The van der Waals surface area contributed by atoms with Gasteiger partial charge in [0.2, 0.25) is 5.71 Å². The number of aryl methyl sites for hydroxylation is 1. The van der Waals surface area contributed by atoms with Gasteiger partial charge in [-0.2, -0.15) is 16.9 Å². The first-order chi connectivity index (χ1) is 15.7. The Morgan fingerprint density at radius 2 is 1.91 bits per heavy atom. The van der Waals surface area contributed by atoms with Crippen molar-refractivity contribution in [3.63, 3.8) is 0 Å². The van der Waals surface area contributed by atoms with Crippen LogP contribution in [-0.2, 0) is 0 Å². The molecule has 6 rings (SSSR count). The third-order valence-electron chi connectivity index (χ3n) is 5.57. The van der Waals surface area contributed by atoms with Crippen molar-refractivity contribution in [2.24, 2.45) is 0 Å². The largest absolute Gasteiger partial charge is 0.436 e. The molecule has 0 radical (unpaired) electrons. The van der Waals surface area contributed by atoms with Crippen LogP contribution in [0.1, 0.15) is 11.7 Å². The van der Waals surface area contributed by atoms with E-state index in [1.807, 2.05) is 53.8 Å². The van der Waals surface area contributed by atoms with Crippen LogP contribution < -0.4 is 0 Å². The molecule has 158 valence electrons. The maximum Gasteiger partial charge on any atom is 0.230 e. The molecular weight excluding hydrogens is 425 g/mol. The molecular formula is C24H18FN5OS. The third kappa shape index (κ3) is 3.27. The average molecular weight is 444 g/mol. The van der Waals surface area contributed by atoms with Crippen molar-refractivity contribution < 1.29 is 8.81 Å². The summed E-state index contributed by atoms with van der Waals surface area (Å²) in [4.78, 5) is 13.5. The van der Waals surface area contributed by atoms with E-state index in [0.29, 0.717) is 17.5 Å². The highest BCUT2D eigenvalue weighted by Crippen LogP contribution is 2.38. The van der Waals surface area contributed by atoms with Gasteiger partial charge < -0.3 is 4.42 Å². The van der Waals surface area contributed by atoms with Crippen molar-refractivity contribution in [1.82, 2.24) is 24.7 Å². The van der Waals surface area contributed by atoms with Crippen LogP contribution in [0.15, 0.2) is 65.5 Å². The molecule has 0 N–H and O–H groups in total. The molecule has 0 bridgehead atoms. The number of rotatable bonds is 4. The summed E-state index contributed by atoms with van der Waals surface area (Å²) in [5.41, 5.74) is 5.34. The Morgan fingerprint density at radius 1 is 1.06 bits per heavy atom. The van der Waals surface area contributed by atoms with E-state index >= 15 is 0 Å². The van der Waals surface area contributed by atoms with Crippen LogP contribution in [-0.4, -0.2) is 36.2 Å². The molecule has 1 aromatic carbocycles. The highest BCUT2D eigenvalue weighted by Gasteiger charge is 2.25. The SMILES string of the molecule is Cc1cccc(-c2cc3c(-c4cn(C5CSC5)nc4-c4ccc(F)cc4)ncnc3o2)n1. The van der Waals surface area contributed by atoms with Gasteiger partial charge in [0.25, 0.3) is 0 Å². The highest BCUT2D eigenvalue weighted by atomic mass is 32.2. The molecule has 1 aliphatic heterocycles. The van der Waals surface area contributed by atoms with Crippen molar-refractivity contribution in [1.29, 1.82) is 0 Å². The topological polar surface area (TPSA) is 69.6 Å². The van der Waals surface area contributed by atoms with Gasteiger partial charge in [-0.05, 0) is 49.4 Å². The van der Waals surface area contributed by atoms with Gasteiger partial charge in [0.15, 0.2) is 5.76 Å². The zero-order valence-electron chi connectivity index (χ0n) is 17.2. The van der Waals surface area contributed by atoms with E-state index in [1.54, 1.807) is 12.1 Å². The van der Waals surface area contributed by atoms with E-state index < -0.39 is 0 Å². The number of benzene rings is 1. The summed E-state index contributed by atoms with van der Waals surface area (Å²) in [5.74, 6) is 2.41. The summed E-state index contributed by atoms with van der Waals surface area (Å²) in [7, 11) is 0. The van der Waals surface area contributed by atoms with Crippen LogP contribution in [0.4, 0.5) is 4.39 Å². The number of nitrogens with zero attached hydrogens (tertiary/aromatic N) is 5. The summed E-state index contributed by atoms with van der Waals surface area (Å²) in [6.07, 6.45) is 3.53. The van der Waals surface area contributed by atoms with Crippen molar-refractivity contribution in [3.05, 3.63) is 72.6 Å². The van der Waals surface area contributed by atoms with Crippen LogP contribution in [0, 0.1) is 12.7 Å². The lowest BCUT2D eigenvalue weighted by Crippen LogP contribution is -2.23. The molecule has 5 heterocycles. The first-order valence-corrected chi connectivity index (χ1v) is 11.4. The second kappa shape index (κ2) is 7.56. The Morgan fingerprint density at radius 3 is 2.66 bits per heavy atom. The molecule has 0 atom stereocenters. The first-order valence-electron chi connectivity index (χ1n) is 10.3. The third-order valence-corrected chi connectivity index (χ3v) is 6.81. The molecule has 0 aliphatic carbocycles. The predicted octanol–water partition coefficient (Wildman–Crippen LogP) is 5.55. The van der Waals surface area contributed by atoms with E-state index in [2.05, 4.69) is 15.0 Å². The zero-order valence-corrected chi connectivity index (χ0v) is 18.0. The van der Waals surface area contributed by atoms with Gasteiger partial charge in [-0.15, -0.1) is 0 Å². The lowest BCUT2D eigenvalue weighted by atomic mass is 10.0. The van der Waals surface area contributed by atoms with Crippen LogP contribution in [0.3, 0.4) is 0 Å². The predicted molar refractivity (Wildman–Crippen MR) is 123 cm³/mol. The van der Waals surface area contributed by atoms with Gasteiger partial charge in [-0.1, -0.05) is 6.07 Å². The highest BCUT2D eigenvalue weighted by molar-refractivity contribution is 8.00. The monoisotopic (exact) mass is 443 g/mol. The molecule has 1 fully saturated rings. The fraction of sp³-hybridized carbons (Fsp3) is 0.167. The first kappa shape index (κ1) is 19.2. The number of pyridine rings is 1. The number of hydrogen-bond acceptors (Lipinski definition) is 6. The van der Waals surface area contributed by atoms with Crippen LogP contribution in [0.25, 0.3) is 45.1 Å². The molecule has 0 spiro atoms. The minimum absolute atomic E-state index is 0.278. The molecule has 8 heteroatoms. The fourth-order valence-electron chi connectivity index (χ4n) is 3.83. The van der Waals surface area contributed by atoms with Gasteiger partial charge in [0.1, 0.15) is 23.5 Å². The number of fused-ring (bicyclic) bond motifs is 1. The molecule has 0 saturated carbocycles. The average Bonchev–Trinajstić information content (AvgIpc) is 3.38. The summed E-state index contributed by atoms with van der Waals surface area (Å²) in [6.45, 7) is 1.94. The van der Waals surface area contributed by atoms with Gasteiger partial charge in [0.05, 0.1) is 17.1 Å². The Bertz CT molecular complexity index is 1440. The minimum atomic E-state index is -0.278. The Hall–Kier alpha value is -3.52. The van der Waals surface area contributed by atoms with E-state index in [0.717, 1.165) is 50.8 Å². The van der Waals surface area contributed by atoms with Gasteiger partial charge in [-0.3, -0.25) is 4.68 Å². The van der Waals surface area contributed by atoms with Crippen molar-refractivity contribution in [3.8, 4) is 34.0 Å². The summed E-state index contributed by atoms with van der Waals surface area (Å²) >= 11 is 1.90. The summed E-state index contributed by atoms with van der Waals surface area (Å²) in [5, 5.41) is 5.66. The molecule has 4 aromatic heterocycles. The second-order valence-corrected chi connectivity index (χ2v) is 8.86. The standard InChI is InChI=1S/C24H18FN5OS/c1-14-3-2-4-20(28-14)21-9-18-23(26-13-27-24(18)31-21)19-10-30(17-11-32-12-17)29-22(19)15-5-7-16(25)8-6-15/h2-10,13,17H,11-12H2,1H3. The molecule has 32 heavy (non-hydrogen) atoms. The summed E-state index contributed by atoms with van der Waals surface area (Å²) in [6, 6.07) is 14.5. The molecule has 1 aliphatic rings. The number of furan rings is 1. The maximum absolute atomic E-state index is 13.6. The Balaban J connectivity index is 1.53. The molecule has 0 amide bonds. The molecule has 0 unspecified atom stereocenters. The van der Waals surface area contributed by atoms with Crippen molar-refractivity contribution >= 4 is 22.9 Å². The van der Waals surface area contributed by atoms with Crippen LogP contribution >= 0.6 is 11.8 Å². The quantitative estimate of drug-likeness (QED) is 0.363. The normalized spacial score (nSPS) is 14.1. The molecule has 5 aromatic rings. The summed E-state index contributed by atoms with van der Waals surface area (Å²) < 4.78 is 21.6. The molecule has 1 saturated heterocycles. The maximum atomic E-state index is 13.6. The molecule has 6 nitrogen and oxygen atoms in total. The van der Waals surface area contributed by atoms with Crippen molar-refractivity contribution in [2.75, 3.05) is 11.5 Å². The van der Waals surface area contributed by atoms with Crippen molar-refractivity contribution in [2.45, 2.75) is 13.0 Å². The van der Waals surface area contributed by atoms with E-state index in [-0.39, 0.29) is 5.82 Å². The zero-order chi connectivity index (χ0) is 21.7. The van der Waals surface area contributed by atoms with E-state index in [9.17, 15) is 4.39 Å². The van der Waals surface area contributed by atoms with Gasteiger partial charge in [0, 0.05) is 34.5 Å². The second-order valence-electron chi connectivity index (χ2n) is 7.79. The Kier molecular flexibility index (Phi) is 4.53. The van der Waals surface area contributed by atoms with E-state index in [1.165, 1.54) is 18.5 Å². The fourth-order valence-corrected chi connectivity index (χ4v) is 4.58. The smallest absolute Gasteiger partial charge is 0.230 e. The lowest BCUT2D eigenvalue weighted by molar-refractivity contribution is 0.528. The number of aromatic nitrogens is 5. The van der Waals surface area contributed by atoms with Gasteiger partial charge in [-0.25, -0.2) is 19.3 Å². The number of thioether (sulfide) groups is 1.